The molecule has 0 fully saturated rings. The third kappa shape index (κ3) is 4.13. The number of guanidine groups is 1. The lowest BCUT2D eigenvalue weighted by atomic mass is 10.1. The van der Waals surface area contributed by atoms with E-state index in [4.69, 9.17) is 0 Å². The Morgan fingerprint density at radius 3 is 3.04 bits per heavy atom. The van der Waals surface area contributed by atoms with E-state index >= 15 is 0 Å². The first-order valence-corrected chi connectivity index (χ1v) is 9.17. The maximum atomic E-state index is 12.4. The number of nitrogens with zero attached hydrogens (tertiary/aromatic N) is 2. The normalized spacial score (nSPS) is 18.1. The fraction of sp³-hybridized carbons (Fsp3) is 0.529. The van der Waals surface area contributed by atoms with Gasteiger partial charge in [0, 0.05) is 30.6 Å². The first-order valence-electron chi connectivity index (χ1n) is 8.29. The molecule has 2 N–H and O–H groups in total. The van der Waals surface area contributed by atoms with Crippen LogP contribution >= 0.6 is 11.3 Å². The molecule has 0 atom stereocenters. The van der Waals surface area contributed by atoms with Gasteiger partial charge in [-0.2, -0.15) is 0 Å². The van der Waals surface area contributed by atoms with Crippen LogP contribution in [0.25, 0.3) is 0 Å². The second-order valence-electron chi connectivity index (χ2n) is 5.91. The Morgan fingerprint density at radius 2 is 2.26 bits per heavy atom. The zero-order valence-electron chi connectivity index (χ0n) is 13.5. The van der Waals surface area contributed by atoms with E-state index in [1.54, 1.807) is 11.3 Å². The van der Waals surface area contributed by atoms with E-state index in [9.17, 15) is 4.79 Å². The quantitative estimate of drug-likeness (QED) is 0.503. The molecule has 2 aliphatic rings. The van der Waals surface area contributed by atoms with Gasteiger partial charge in [-0.25, -0.2) is 4.99 Å². The summed E-state index contributed by atoms with van der Waals surface area (Å²) in [5.41, 5.74) is 1.29. The van der Waals surface area contributed by atoms with Crippen molar-refractivity contribution < 1.29 is 4.79 Å². The van der Waals surface area contributed by atoms with Crippen LogP contribution in [0.1, 0.15) is 30.2 Å². The largest absolute Gasteiger partial charge is 0.357 e. The van der Waals surface area contributed by atoms with Gasteiger partial charge in [0.25, 0.3) is 0 Å². The summed E-state index contributed by atoms with van der Waals surface area (Å²) < 4.78 is 0. The molecular weight excluding hydrogens is 308 g/mol. The first kappa shape index (κ1) is 16.1. The minimum Gasteiger partial charge on any atom is -0.357 e. The maximum absolute atomic E-state index is 12.4. The smallest absolute Gasteiger partial charge is 0.244 e. The Morgan fingerprint density at radius 1 is 1.43 bits per heavy atom. The van der Waals surface area contributed by atoms with E-state index in [0.717, 1.165) is 44.9 Å². The molecule has 5 nitrogen and oxygen atoms in total. The zero-order valence-corrected chi connectivity index (χ0v) is 14.4. The van der Waals surface area contributed by atoms with Gasteiger partial charge in [0.05, 0.1) is 0 Å². The maximum Gasteiger partial charge on any atom is 0.244 e. The van der Waals surface area contributed by atoms with Crippen LogP contribution in [-0.2, 0) is 17.8 Å². The van der Waals surface area contributed by atoms with Gasteiger partial charge in [-0.1, -0.05) is 12.2 Å². The minimum atomic E-state index is 0.101. The van der Waals surface area contributed by atoms with Crippen molar-refractivity contribution in [2.45, 2.75) is 38.8 Å². The fourth-order valence-electron chi connectivity index (χ4n) is 2.96. The van der Waals surface area contributed by atoms with Crippen molar-refractivity contribution >= 4 is 23.2 Å². The van der Waals surface area contributed by atoms with Gasteiger partial charge in [-0.05, 0) is 43.2 Å². The van der Waals surface area contributed by atoms with Crippen molar-refractivity contribution in [2.24, 2.45) is 4.99 Å². The second kappa shape index (κ2) is 7.64. The highest BCUT2D eigenvalue weighted by atomic mass is 32.1. The van der Waals surface area contributed by atoms with Gasteiger partial charge in [-0.3, -0.25) is 4.79 Å². The number of fused-ring (bicyclic) bond motifs is 1. The summed E-state index contributed by atoms with van der Waals surface area (Å²) in [5.74, 6) is 0.839. The summed E-state index contributed by atoms with van der Waals surface area (Å²) in [4.78, 5) is 20.2. The van der Waals surface area contributed by atoms with E-state index in [1.807, 2.05) is 11.8 Å². The fourth-order valence-corrected chi connectivity index (χ4v) is 3.85. The lowest BCUT2D eigenvalue weighted by Gasteiger charge is -2.26. The van der Waals surface area contributed by atoms with Gasteiger partial charge in [0.2, 0.25) is 5.91 Å². The predicted octanol–water partition coefficient (Wildman–Crippen LogP) is 1.91. The third-order valence-electron chi connectivity index (χ3n) is 4.23. The molecule has 0 bridgehead atoms. The van der Waals surface area contributed by atoms with Gasteiger partial charge >= 0.3 is 0 Å². The lowest BCUT2D eigenvalue weighted by Crippen LogP contribution is -2.43. The molecule has 3 rings (SSSR count). The standard InChI is InChI=1S/C17H24N4OS/c1-2-18-17(20-14-5-3-4-6-14)19-11-16(22)21-9-7-15-13(12-21)8-10-23-15/h3-4,8,10,14H,2,5-7,9,11-12H2,1H3,(H2,18,19,20). The topological polar surface area (TPSA) is 56.7 Å². The summed E-state index contributed by atoms with van der Waals surface area (Å²) in [6, 6.07) is 2.52. The van der Waals surface area contributed by atoms with Crippen LogP contribution < -0.4 is 10.6 Å². The molecular formula is C17H24N4OS. The van der Waals surface area contributed by atoms with Crippen LogP contribution in [0.3, 0.4) is 0 Å². The molecule has 1 aromatic heterocycles. The number of carbonyl (C=O) groups is 1. The first-order chi connectivity index (χ1) is 11.3. The van der Waals surface area contributed by atoms with E-state index < -0.39 is 0 Å². The number of thiophene rings is 1. The number of hydrogen-bond donors (Lipinski definition) is 2. The molecule has 124 valence electrons. The van der Waals surface area contributed by atoms with Crippen molar-refractivity contribution in [1.82, 2.24) is 15.5 Å². The molecule has 6 heteroatoms. The van der Waals surface area contributed by atoms with E-state index in [-0.39, 0.29) is 12.5 Å². The van der Waals surface area contributed by atoms with Crippen molar-refractivity contribution in [3.8, 4) is 0 Å². The van der Waals surface area contributed by atoms with Crippen molar-refractivity contribution in [3.05, 3.63) is 34.0 Å². The van der Waals surface area contributed by atoms with Gasteiger partial charge in [0.15, 0.2) is 5.96 Å². The number of amides is 1. The SMILES string of the molecule is CCNC(=NCC(=O)N1CCc2sccc2C1)NC1CC=CC1. The highest BCUT2D eigenvalue weighted by molar-refractivity contribution is 7.10. The Bertz CT molecular complexity index is 599. The number of rotatable bonds is 4. The van der Waals surface area contributed by atoms with E-state index in [1.165, 1.54) is 10.4 Å². The second-order valence-corrected chi connectivity index (χ2v) is 6.91. The summed E-state index contributed by atoms with van der Waals surface area (Å²) in [5, 5.41) is 8.73. The number of nitrogens with one attached hydrogen (secondary N) is 2. The van der Waals surface area contributed by atoms with Crippen LogP contribution in [-0.4, -0.2) is 42.4 Å². The molecule has 1 aliphatic heterocycles. The van der Waals surface area contributed by atoms with Crippen LogP contribution in [0.4, 0.5) is 0 Å². The molecule has 1 aromatic rings. The Balaban J connectivity index is 1.55. The van der Waals surface area contributed by atoms with Crippen LogP contribution in [0, 0.1) is 0 Å². The summed E-state index contributed by atoms with van der Waals surface area (Å²) >= 11 is 1.79. The molecule has 0 unspecified atom stereocenters. The predicted molar refractivity (Wildman–Crippen MR) is 94.7 cm³/mol. The molecule has 0 saturated carbocycles. The molecule has 1 amide bonds. The minimum absolute atomic E-state index is 0.101. The molecule has 0 saturated heterocycles. The average Bonchev–Trinajstić information content (AvgIpc) is 3.23. The van der Waals surface area contributed by atoms with Crippen LogP contribution in [0.15, 0.2) is 28.6 Å². The van der Waals surface area contributed by atoms with Crippen molar-refractivity contribution in [1.29, 1.82) is 0 Å². The highest BCUT2D eigenvalue weighted by Gasteiger charge is 2.21. The van der Waals surface area contributed by atoms with Gasteiger partial charge in [0.1, 0.15) is 6.54 Å². The lowest BCUT2D eigenvalue weighted by molar-refractivity contribution is -0.130. The third-order valence-corrected chi connectivity index (χ3v) is 5.25. The molecule has 0 spiro atoms. The molecule has 2 heterocycles. The van der Waals surface area contributed by atoms with Crippen LogP contribution in [0.2, 0.25) is 0 Å². The van der Waals surface area contributed by atoms with E-state index in [0.29, 0.717) is 6.04 Å². The van der Waals surface area contributed by atoms with Gasteiger partial charge in [-0.15, -0.1) is 11.3 Å². The number of hydrogen-bond acceptors (Lipinski definition) is 3. The highest BCUT2D eigenvalue weighted by Crippen LogP contribution is 2.23. The molecule has 0 radical (unpaired) electrons. The Labute approximate surface area is 141 Å². The van der Waals surface area contributed by atoms with Crippen molar-refractivity contribution in [3.63, 3.8) is 0 Å². The summed E-state index contributed by atoms with van der Waals surface area (Å²) in [7, 11) is 0. The average molecular weight is 332 g/mol. The zero-order chi connectivity index (χ0) is 16.1. The Kier molecular flexibility index (Phi) is 5.33. The summed E-state index contributed by atoms with van der Waals surface area (Å²) in [6.07, 6.45) is 7.36. The molecule has 1 aliphatic carbocycles. The molecule has 23 heavy (non-hydrogen) atoms. The Hall–Kier alpha value is -1.82. The molecule has 0 aromatic carbocycles. The number of carbonyl (C=O) groups excluding carboxylic acids is 1. The van der Waals surface area contributed by atoms with E-state index in [2.05, 4.69) is 39.2 Å². The van der Waals surface area contributed by atoms with Crippen molar-refractivity contribution in [2.75, 3.05) is 19.6 Å². The van der Waals surface area contributed by atoms with Gasteiger partial charge < -0.3 is 15.5 Å². The van der Waals surface area contributed by atoms with Crippen LogP contribution in [0.5, 0.6) is 0 Å². The summed E-state index contributed by atoms with van der Waals surface area (Å²) in [6.45, 7) is 4.56. The number of aliphatic imine (C=N–C) groups is 1. The monoisotopic (exact) mass is 332 g/mol.